The minimum absolute atomic E-state index is 0.668. The average Bonchev–Trinajstić information content (AvgIpc) is 2.35. The van der Waals surface area contributed by atoms with Crippen LogP contribution in [-0.4, -0.2) is 17.1 Å². The summed E-state index contributed by atoms with van der Waals surface area (Å²) in [5, 5.41) is 0. The molecule has 4 heteroatoms. The van der Waals surface area contributed by atoms with E-state index in [-0.39, 0.29) is 0 Å². The lowest BCUT2D eigenvalue weighted by atomic mass is 10.1. The van der Waals surface area contributed by atoms with Crippen LogP contribution in [0.3, 0.4) is 0 Å². The largest absolute Gasteiger partial charge is 0.495 e. The highest BCUT2D eigenvalue weighted by Crippen LogP contribution is 2.22. The summed E-state index contributed by atoms with van der Waals surface area (Å²) in [6.45, 7) is 3.98. The van der Waals surface area contributed by atoms with Gasteiger partial charge in [0.15, 0.2) is 0 Å². The highest BCUT2D eigenvalue weighted by Gasteiger charge is 2.04. The van der Waals surface area contributed by atoms with Crippen molar-refractivity contribution in [3.8, 4) is 5.75 Å². The topological polar surface area (TPSA) is 61.0 Å². The lowest BCUT2D eigenvalue weighted by Crippen LogP contribution is -2.02. The molecule has 19 heavy (non-hydrogen) atoms. The van der Waals surface area contributed by atoms with Crippen LogP contribution < -0.4 is 10.5 Å². The molecule has 0 aliphatic carbocycles. The van der Waals surface area contributed by atoms with Crippen molar-refractivity contribution in [2.24, 2.45) is 0 Å². The summed E-state index contributed by atoms with van der Waals surface area (Å²) in [6.07, 6.45) is 1.69. The summed E-state index contributed by atoms with van der Waals surface area (Å²) in [7, 11) is 1.62. The van der Waals surface area contributed by atoms with Gasteiger partial charge in [-0.3, -0.25) is 0 Å². The number of benzene rings is 1. The summed E-state index contributed by atoms with van der Waals surface area (Å²) in [6, 6.07) is 7.85. The Morgan fingerprint density at radius 3 is 2.32 bits per heavy atom. The maximum Gasteiger partial charge on any atom is 0.141 e. The second kappa shape index (κ2) is 5.69. The second-order valence-corrected chi connectivity index (χ2v) is 4.64. The maximum atomic E-state index is 5.89. The van der Waals surface area contributed by atoms with Gasteiger partial charge in [0.05, 0.1) is 12.8 Å². The van der Waals surface area contributed by atoms with Crippen LogP contribution in [0.4, 0.5) is 5.69 Å². The molecule has 0 radical (unpaired) electrons. The summed E-state index contributed by atoms with van der Waals surface area (Å²) in [5.41, 5.74) is 9.75. The number of nitrogen functional groups attached to an aromatic ring is 1. The molecule has 0 fully saturated rings. The predicted octanol–water partition coefficient (Wildman–Crippen LogP) is 2.47. The zero-order valence-corrected chi connectivity index (χ0v) is 11.6. The van der Waals surface area contributed by atoms with Gasteiger partial charge in [-0.15, -0.1) is 0 Å². The zero-order valence-electron chi connectivity index (χ0n) is 11.6. The smallest absolute Gasteiger partial charge is 0.141 e. The number of anilines is 1. The molecule has 0 amide bonds. The zero-order chi connectivity index (χ0) is 13.8. The van der Waals surface area contributed by atoms with Crippen molar-refractivity contribution < 1.29 is 4.74 Å². The van der Waals surface area contributed by atoms with Crippen LogP contribution in [0.1, 0.15) is 22.8 Å². The molecule has 100 valence electrons. The summed E-state index contributed by atoms with van der Waals surface area (Å²) < 4.78 is 5.14. The first-order chi connectivity index (χ1) is 9.08. The van der Waals surface area contributed by atoms with Crippen molar-refractivity contribution in [1.29, 1.82) is 0 Å². The maximum absolute atomic E-state index is 5.89. The molecule has 2 rings (SSSR count). The number of hydrogen-bond acceptors (Lipinski definition) is 4. The average molecular weight is 257 g/mol. The summed E-state index contributed by atoms with van der Waals surface area (Å²) in [4.78, 5) is 8.88. The third-order valence-corrected chi connectivity index (χ3v) is 2.96. The fraction of sp³-hybridized carbons (Fsp3) is 0.333. The van der Waals surface area contributed by atoms with Crippen LogP contribution in [0.5, 0.6) is 5.75 Å². The number of ether oxygens (including phenoxy) is 1. The van der Waals surface area contributed by atoms with Crippen molar-refractivity contribution in [3.63, 3.8) is 0 Å². The summed E-state index contributed by atoms with van der Waals surface area (Å²) >= 11 is 0. The Bertz CT molecular complexity index is 561. The molecule has 1 aromatic carbocycles. The SMILES string of the molecule is COc1ccc(CCc2nc(C)cc(C)n2)cc1N. The van der Waals surface area contributed by atoms with E-state index in [2.05, 4.69) is 9.97 Å². The first-order valence-electron chi connectivity index (χ1n) is 6.32. The van der Waals surface area contributed by atoms with Gasteiger partial charge in [0.1, 0.15) is 11.6 Å². The van der Waals surface area contributed by atoms with Crippen LogP contribution in [0.25, 0.3) is 0 Å². The van der Waals surface area contributed by atoms with E-state index < -0.39 is 0 Å². The molecule has 0 atom stereocenters. The molecule has 4 nitrogen and oxygen atoms in total. The first-order valence-corrected chi connectivity index (χ1v) is 6.32. The Morgan fingerprint density at radius 2 is 1.74 bits per heavy atom. The number of nitrogens with two attached hydrogens (primary N) is 1. The number of hydrogen-bond donors (Lipinski definition) is 1. The predicted molar refractivity (Wildman–Crippen MR) is 76.3 cm³/mol. The molecule has 0 saturated heterocycles. The molecular weight excluding hydrogens is 238 g/mol. The van der Waals surface area contributed by atoms with E-state index in [9.17, 15) is 0 Å². The Labute approximate surface area is 113 Å². The van der Waals surface area contributed by atoms with E-state index in [4.69, 9.17) is 10.5 Å². The minimum Gasteiger partial charge on any atom is -0.495 e. The highest BCUT2D eigenvalue weighted by atomic mass is 16.5. The number of methoxy groups -OCH3 is 1. The Kier molecular flexibility index (Phi) is 4.00. The van der Waals surface area contributed by atoms with Gasteiger partial charge >= 0.3 is 0 Å². The van der Waals surface area contributed by atoms with Gasteiger partial charge in [-0.05, 0) is 44.0 Å². The Morgan fingerprint density at radius 1 is 1.05 bits per heavy atom. The minimum atomic E-state index is 0.668. The molecule has 0 spiro atoms. The van der Waals surface area contributed by atoms with E-state index in [0.717, 1.165) is 30.1 Å². The third-order valence-electron chi connectivity index (χ3n) is 2.96. The quantitative estimate of drug-likeness (QED) is 0.855. The monoisotopic (exact) mass is 257 g/mol. The normalized spacial score (nSPS) is 10.5. The van der Waals surface area contributed by atoms with Gasteiger partial charge in [0, 0.05) is 17.8 Å². The van der Waals surface area contributed by atoms with Crippen LogP contribution in [0, 0.1) is 13.8 Å². The number of nitrogens with zero attached hydrogens (tertiary/aromatic N) is 2. The van der Waals surface area contributed by atoms with Gasteiger partial charge in [-0.25, -0.2) is 9.97 Å². The van der Waals surface area contributed by atoms with Gasteiger partial charge < -0.3 is 10.5 Å². The van der Waals surface area contributed by atoms with Crippen molar-refractivity contribution in [1.82, 2.24) is 9.97 Å². The van der Waals surface area contributed by atoms with E-state index in [1.54, 1.807) is 7.11 Å². The van der Waals surface area contributed by atoms with Crippen molar-refractivity contribution >= 4 is 5.69 Å². The molecule has 0 unspecified atom stereocenters. The second-order valence-electron chi connectivity index (χ2n) is 4.64. The molecule has 0 aliphatic heterocycles. The first kappa shape index (κ1) is 13.3. The lowest BCUT2D eigenvalue weighted by Gasteiger charge is -2.07. The number of aryl methyl sites for hydroxylation is 4. The fourth-order valence-electron chi connectivity index (χ4n) is 2.11. The molecule has 0 saturated carbocycles. The highest BCUT2D eigenvalue weighted by molar-refractivity contribution is 5.54. The molecular formula is C15H19N3O. The van der Waals surface area contributed by atoms with Crippen molar-refractivity contribution in [2.45, 2.75) is 26.7 Å². The van der Waals surface area contributed by atoms with Crippen LogP contribution in [-0.2, 0) is 12.8 Å². The molecule has 0 aliphatic rings. The van der Waals surface area contributed by atoms with E-state index in [0.29, 0.717) is 11.4 Å². The summed E-state index contributed by atoms with van der Waals surface area (Å²) in [5.74, 6) is 1.60. The fourth-order valence-corrected chi connectivity index (χ4v) is 2.11. The van der Waals surface area contributed by atoms with Crippen molar-refractivity contribution in [3.05, 3.63) is 47.0 Å². The molecule has 1 aromatic heterocycles. The molecule has 2 aromatic rings. The van der Waals surface area contributed by atoms with Gasteiger partial charge in [0.2, 0.25) is 0 Å². The van der Waals surface area contributed by atoms with E-state index in [1.165, 1.54) is 5.56 Å². The lowest BCUT2D eigenvalue weighted by molar-refractivity contribution is 0.417. The number of aromatic nitrogens is 2. The van der Waals surface area contributed by atoms with Crippen LogP contribution in [0.15, 0.2) is 24.3 Å². The molecule has 2 N–H and O–H groups in total. The van der Waals surface area contributed by atoms with Gasteiger partial charge in [0.25, 0.3) is 0 Å². The molecule has 0 bridgehead atoms. The van der Waals surface area contributed by atoms with E-state index >= 15 is 0 Å². The Balaban J connectivity index is 2.08. The van der Waals surface area contributed by atoms with Crippen LogP contribution >= 0.6 is 0 Å². The Hall–Kier alpha value is -2.10. The standard InChI is InChI=1S/C15H19N3O/c1-10-8-11(2)18-15(17-10)7-5-12-4-6-14(19-3)13(16)9-12/h4,6,8-9H,5,7,16H2,1-3H3. The van der Waals surface area contributed by atoms with E-state index in [1.807, 2.05) is 38.1 Å². The third kappa shape index (κ3) is 3.44. The van der Waals surface area contributed by atoms with Gasteiger partial charge in [-0.1, -0.05) is 6.07 Å². The van der Waals surface area contributed by atoms with Crippen LogP contribution in [0.2, 0.25) is 0 Å². The number of rotatable bonds is 4. The van der Waals surface area contributed by atoms with Crippen molar-refractivity contribution in [2.75, 3.05) is 12.8 Å². The van der Waals surface area contributed by atoms with Gasteiger partial charge in [-0.2, -0.15) is 0 Å². The molecule has 1 heterocycles.